The molecule has 2 N–H and O–H groups in total. The summed E-state index contributed by atoms with van der Waals surface area (Å²) in [6.45, 7) is 4.82. The van der Waals surface area contributed by atoms with Crippen LogP contribution in [0.4, 0.5) is 4.79 Å². The van der Waals surface area contributed by atoms with Crippen LogP contribution >= 0.6 is 23.2 Å². The van der Waals surface area contributed by atoms with Gasteiger partial charge in [0.05, 0.1) is 29.3 Å². The van der Waals surface area contributed by atoms with Gasteiger partial charge in [-0.3, -0.25) is 9.59 Å². The number of rotatable bonds is 9. The van der Waals surface area contributed by atoms with E-state index in [0.29, 0.717) is 0 Å². The monoisotopic (exact) mass is 522 g/mol. The number of hydrogen-bond acceptors (Lipinski definition) is 6. The molecule has 8 nitrogen and oxygen atoms in total. The van der Waals surface area contributed by atoms with Crippen LogP contribution in [0.1, 0.15) is 44.0 Å². The van der Waals surface area contributed by atoms with Gasteiger partial charge in [0.2, 0.25) is 0 Å². The maximum atomic E-state index is 12.9. The molecule has 0 saturated heterocycles. The molecular weight excluding hydrogens is 495 g/mol. The molecule has 0 spiro atoms. The van der Waals surface area contributed by atoms with Crippen molar-refractivity contribution >= 4 is 47.0 Å². The van der Waals surface area contributed by atoms with Gasteiger partial charge in [-0.2, -0.15) is 0 Å². The first-order valence-corrected chi connectivity index (χ1v) is 11.6. The van der Waals surface area contributed by atoms with Crippen molar-refractivity contribution in [3.05, 3.63) is 58.1 Å². The third kappa shape index (κ3) is 8.88. The van der Waals surface area contributed by atoms with Gasteiger partial charge in [-0.1, -0.05) is 53.5 Å². The van der Waals surface area contributed by atoms with Crippen molar-refractivity contribution in [1.29, 1.82) is 0 Å². The second-order valence-corrected chi connectivity index (χ2v) is 9.48. The second-order valence-electron chi connectivity index (χ2n) is 8.66. The summed E-state index contributed by atoms with van der Waals surface area (Å²) in [5.74, 6) is -1.78. The summed E-state index contributed by atoms with van der Waals surface area (Å²) in [7, 11) is 1.17. The van der Waals surface area contributed by atoms with Crippen LogP contribution in [0, 0.1) is 0 Å². The number of ketones is 1. The number of Topliss-reactive ketones (excluding diaryl/α,β-unsaturated/α-hetero) is 1. The van der Waals surface area contributed by atoms with Crippen LogP contribution in [0.25, 0.3) is 11.1 Å². The fraction of sp³-hybridized carbons (Fsp3) is 0.360. The maximum absolute atomic E-state index is 12.9. The highest BCUT2D eigenvalue weighted by atomic mass is 35.5. The Labute approximate surface area is 214 Å². The Kier molecular flexibility index (Phi) is 10.1. The SMILES string of the molecule is COC(=O)[C@H](CCC(=O)CNC(=O)OC(C)(C)C)NC(=O)c1c(Cl)cc(-c2ccccc2)cc1Cl. The molecule has 0 bridgehead atoms. The molecule has 2 rings (SSSR count). The molecule has 35 heavy (non-hydrogen) atoms. The molecule has 0 aliphatic rings. The first-order valence-electron chi connectivity index (χ1n) is 10.8. The highest BCUT2D eigenvalue weighted by Gasteiger charge is 2.26. The summed E-state index contributed by atoms with van der Waals surface area (Å²) >= 11 is 12.7. The third-order valence-electron chi connectivity index (χ3n) is 4.71. The molecule has 1 atom stereocenters. The van der Waals surface area contributed by atoms with Crippen LogP contribution in [0.2, 0.25) is 10.0 Å². The number of carbonyl (C=O) groups is 4. The predicted molar refractivity (Wildman–Crippen MR) is 134 cm³/mol. The number of methoxy groups -OCH3 is 1. The van der Waals surface area contributed by atoms with Crippen LogP contribution in [0.5, 0.6) is 0 Å². The first kappa shape index (κ1) is 28.1. The Morgan fingerprint density at radius 1 is 0.971 bits per heavy atom. The number of carbonyl (C=O) groups excluding carboxylic acids is 4. The molecule has 2 amide bonds. The van der Waals surface area contributed by atoms with E-state index >= 15 is 0 Å². The summed E-state index contributed by atoms with van der Waals surface area (Å²) in [5.41, 5.74) is 0.897. The summed E-state index contributed by atoms with van der Waals surface area (Å²) in [6, 6.07) is 11.5. The summed E-state index contributed by atoms with van der Waals surface area (Å²) in [6.07, 6.45) is -0.888. The zero-order valence-electron chi connectivity index (χ0n) is 19.9. The topological polar surface area (TPSA) is 111 Å². The third-order valence-corrected chi connectivity index (χ3v) is 5.30. The van der Waals surface area contributed by atoms with Crippen LogP contribution in [0.15, 0.2) is 42.5 Å². The lowest BCUT2D eigenvalue weighted by molar-refractivity contribution is -0.143. The molecule has 0 aliphatic heterocycles. The van der Waals surface area contributed by atoms with Crippen molar-refractivity contribution in [2.24, 2.45) is 0 Å². The number of halogens is 2. The van der Waals surface area contributed by atoms with Crippen molar-refractivity contribution in [1.82, 2.24) is 10.6 Å². The number of esters is 1. The van der Waals surface area contributed by atoms with E-state index in [-0.39, 0.29) is 40.8 Å². The number of amides is 2. The second kappa shape index (κ2) is 12.6. The quantitative estimate of drug-likeness (QED) is 0.457. The van der Waals surface area contributed by atoms with Crippen molar-refractivity contribution in [3.63, 3.8) is 0 Å². The molecule has 2 aromatic rings. The normalized spacial score (nSPS) is 11.8. The zero-order chi connectivity index (χ0) is 26.2. The fourth-order valence-electron chi connectivity index (χ4n) is 3.09. The first-order chi connectivity index (χ1) is 16.4. The summed E-state index contributed by atoms with van der Waals surface area (Å²) in [5, 5.41) is 5.10. The molecule has 10 heteroatoms. The summed E-state index contributed by atoms with van der Waals surface area (Å²) < 4.78 is 9.82. The van der Waals surface area contributed by atoms with E-state index in [9.17, 15) is 19.2 Å². The van der Waals surface area contributed by atoms with E-state index in [4.69, 9.17) is 32.7 Å². The van der Waals surface area contributed by atoms with Crippen LogP contribution in [-0.4, -0.2) is 49.1 Å². The number of alkyl carbamates (subject to hydrolysis) is 1. The molecule has 2 aromatic carbocycles. The predicted octanol–water partition coefficient (Wildman–Crippen LogP) is 4.81. The Morgan fingerprint density at radius 2 is 1.57 bits per heavy atom. The Morgan fingerprint density at radius 3 is 2.11 bits per heavy atom. The molecular formula is C25H28Cl2N2O6. The van der Waals surface area contributed by atoms with E-state index in [1.54, 1.807) is 32.9 Å². The molecule has 0 aliphatic carbocycles. The molecule has 0 saturated carbocycles. The Balaban J connectivity index is 2.04. The molecule has 0 heterocycles. The molecule has 0 aromatic heterocycles. The van der Waals surface area contributed by atoms with Crippen molar-refractivity contribution in [2.45, 2.75) is 45.3 Å². The lowest BCUT2D eigenvalue weighted by Gasteiger charge is -2.20. The highest BCUT2D eigenvalue weighted by molar-refractivity contribution is 6.40. The van der Waals surface area contributed by atoms with Gasteiger partial charge in [-0.15, -0.1) is 0 Å². The molecule has 0 radical (unpaired) electrons. The fourth-order valence-corrected chi connectivity index (χ4v) is 3.75. The maximum Gasteiger partial charge on any atom is 0.408 e. The average molecular weight is 523 g/mol. The standard InChI is InChI=1S/C25H28Cl2N2O6/c1-25(2,3)35-24(33)28-14-17(30)10-11-20(23(32)34-4)29-22(31)21-18(26)12-16(13-19(21)27)15-8-6-5-7-9-15/h5-9,12-13,20H,10-11,14H2,1-4H3,(H,28,33)(H,29,31)/t20-/m0/s1. The van der Waals surface area contributed by atoms with E-state index < -0.39 is 29.6 Å². The number of ether oxygens (including phenoxy) is 2. The van der Waals surface area contributed by atoms with Gasteiger partial charge in [0, 0.05) is 6.42 Å². The van der Waals surface area contributed by atoms with Crippen molar-refractivity contribution in [2.75, 3.05) is 13.7 Å². The number of benzene rings is 2. The van der Waals surface area contributed by atoms with Crippen molar-refractivity contribution in [3.8, 4) is 11.1 Å². The largest absolute Gasteiger partial charge is 0.467 e. The van der Waals surface area contributed by atoms with Gasteiger partial charge in [0.1, 0.15) is 11.6 Å². The lowest BCUT2D eigenvalue weighted by Crippen LogP contribution is -2.42. The minimum absolute atomic E-state index is 0.000151. The van der Waals surface area contributed by atoms with Crippen LogP contribution < -0.4 is 10.6 Å². The molecule has 0 fully saturated rings. The van der Waals surface area contributed by atoms with Crippen molar-refractivity contribution < 1.29 is 28.7 Å². The molecule has 188 valence electrons. The lowest BCUT2D eigenvalue weighted by atomic mass is 10.0. The zero-order valence-corrected chi connectivity index (χ0v) is 21.5. The molecule has 0 unspecified atom stereocenters. The summed E-state index contributed by atoms with van der Waals surface area (Å²) in [4.78, 5) is 49.0. The van der Waals surface area contributed by atoms with E-state index in [2.05, 4.69) is 10.6 Å². The van der Waals surface area contributed by atoms with E-state index in [1.165, 1.54) is 7.11 Å². The van der Waals surface area contributed by atoms with Gasteiger partial charge < -0.3 is 20.1 Å². The smallest absolute Gasteiger partial charge is 0.408 e. The number of nitrogens with one attached hydrogen (secondary N) is 2. The van der Waals surface area contributed by atoms with Gasteiger partial charge in [0.15, 0.2) is 5.78 Å². The minimum Gasteiger partial charge on any atom is -0.467 e. The van der Waals surface area contributed by atoms with Gasteiger partial charge >= 0.3 is 12.1 Å². The van der Waals surface area contributed by atoms with Gasteiger partial charge in [0.25, 0.3) is 5.91 Å². The minimum atomic E-state index is -1.13. The van der Waals surface area contributed by atoms with Crippen LogP contribution in [0.3, 0.4) is 0 Å². The highest BCUT2D eigenvalue weighted by Crippen LogP contribution is 2.32. The van der Waals surface area contributed by atoms with Gasteiger partial charge in [-0.05, 0) is 50.5 Å². The van der Waals surface area contributed by atoms with Crippen LogP contribution in [-0.2, 0) is 19.1 Å². The van der Waals surface area contributed by atoms with E-state index in [1.807, 2.05) is 30.3 Å². The number of hydrogen-bond donors (Lipinski definition) is 2. The Bertz CT molecular complexity index is 1060. The Hall–Kier alpha value is -3.10. The van der Waals surface area contributed by atoms with E-state index in [0.717, 1.165) is 11.1 Å². The average Bonchev–Trinajstić information content (AvgIpc) is 2.78. The van der Waals surface area contributed by atoms with Gasteiger partial charge in [-0.25, -0.2) is 9.59 Å².